The van der Waals surface area contributed by atoms with Crippen molar-refractivity contribution in [1.82, 2.24) is 24.1 Å². The number of carbonyl (C=O) groups is 1. The number of imidazole rings is 1. The van der Waals surface area contributed by atoms with E-state index in [0.29, 0.717) is 30.2 Å². The first-order chi connectivity index (χ1) is 14.3. The number of benzene rings is 1. The van der Waals surface area contributed by atoms with E-state index in [1.54, 1.807) is 35.4 Å². The molecular weight excluding hydrogens is 370 g/mol. The molecule has 1 amide bonds. The first-order valence-electron chi connectivity index (χ1n) is 9.35. The lowest BCUT2D eigenvalue weighted by Gasteiger charge is -2.29. The SMILES string of the molecule is O=C(Nc1cc(N2CCOCC2)n2nccc2n1)c1ccc(-n2ccnc2)cc1. The Hall–Kier alpha value is -3.72. The Balaban J connectivity index is 1.40. The summed E-state index contributed by atoms with van der Waals surface area (Å²) in [5.41, 5.74) is 2.17. The topological polar surface area (TPSA) is 89.6 Å². The number of hydrogen-bond donors (Lipinski definition) is 1. The van der Waals surface area contributed by atoms with Gasteiger partial charge in [0.1, 0.15) is 11.6 Å². The summed E-state index contributed by atoms with van der Waals surface area (Å²) in [6.45, 7) is 2.86. The first-order valence-corrected chi connectivity index (χ1v) is 9.35. The Morgan fingerprint density at radius 2 is 1.90 bits per heavy atom. The molecule has 0 saturated carbocycles. The Morgan fingerprint density at radius 1 is 1.07 bits per heavy atom. The summed E-state index contributed by atoms with van der Waals surface area (Å²) in [4.78, 5) is 23.5. The molecule has 1 aliphatic heterocycles. The lowest BCUT2D eigenvalue weighted by atomic mass is 10.2. The van der Waals surface area contributed by atoms with Crippen LogP contribution in [0.3, 0.4) is 0 Å². The van der Waals surface area contributed by atoms with Crippen molar-refractivity contribution in [2.45, 2.75) is 0 Å². The van der Waals surface area contributed by atoms with Crippen LogP contribution < -0.4 is 10.2 Å². The monoisotopic (exact) mass is 389 g/mol. The van der Waals surface area contributed by atoms with Crippen molar-refractivity contribution in [2.24, 2.45) is 0 Å². The third kappa shape index (κ3) is 3.43. The van der Waals surface area contributed by atoms with E-state index in [2.05, 4.69) is 25.3 Å². The number of ether oxygens (including phenoxy) is 1. The molecule has 9 nitrogen and oxygen atoms in total. The van der Waals surface area contributed by atoms with Crippen molar-refractivity contribution in [3.05, 3.63) is 66.9 Å². The van der Waals surface area contributed by atoms with Crippen LogP contribution in [0, 0.1) is 0 Å². The molecule has 0 atom stereocenters. The number of hydrogen-bond acceptors (Lipinski definition) is 6. The van der Waals surface area contributed by atoms with E-state index in [9.17, 15) is 4.79 Å². The summed E-state index contributed by atoms with van der Waals surface area (Å²) in [6, 6.07) is 11.0. The van der Waals surface area contributed by atoms with E-state index >= 15 is 0 Å². The summed E-state index contributed by atoms with van der Waals surface area (Å²) in [7, 11) is 0. The van der Waals surface area contributed by atoms with Crippen molar-refractivity contribution in [3.8, 4) is 5.69 Å². The Labute approximate surface area is 166 Å². The molecule has 0 aliphatic carbocycles. The summed E-state index contributed by atoms with van der Waals surface area (Å²) < 4.78 is 9.10. The van der Waals surface area contributed by atoms with Gasteiger partial charge in [0, 0.05) is 48.9 Å². The fraction of sp³-hybridized carbons (Fsp3) is 0.200. The minimum absolute atomic E-state index is 0.216. The molecule has 1 N–H and O–H groups in total. The van der Waals surface area contributed by atoms with Crippen molar-refractivity contribution in [1.29, 1.82) is 0 Å². The molecule has 5 rings (SSSR count). The van der Waals surface area contributed by atoms with E-state index in [1.807, 2.05) is 35.0 Å². The standard InChI is InChI=1S/C20H19N7O2/c28-20(15-1-3-16(4-2-15)26-8-7-21-14-26)24-17-13-19(25-9-11-29-12-10-25)27-18(23-17)5-6-22-27/h1-8,13-14H,9-12H2,(H,23,24,28). The van der Waals surface area contributed by atoms with E-state index < -0.39 is 0 Å². The van der Waals surface area contributed by atoms with Gasteiger partial charge in [0.05, 0.1) is 25.7 Å². The van der Waals surface area contributed by atoms with Crippen LogP contribution in [0.2, 0.25) is 0 Å². The van der Waals surface area contributed by atoms with E-state index in [4.69, 9.17) is 4.74 Å². The second kappa shape index (κ2) is 7.36. The highest BCUT2D eigenvalue weighted by Crippen LogP contribution is 2.21. The average Bonchev–Trinajstić information content (AvgIpc) is 3.46. The summed E-state index contributed by atoms with van der Waals surface area (Å²) in [5, 5.41) is 7.26. The molecule has 1 fully saturated rings. The maximum Gasteiger partial charge on any atom is 0.256 e. The van der Waals surface area contributed by atoms with Gasteiger partial charge in [-0.25, -0.2) is 9.97 Å². The molecule has 0 bridgehead atoms. The van der Waals surface area contributed by atoms with Crippen LogP contribution in [0.1, 0.15) is 10.4 Å². The van der Waals surface area contributed by atoms with Crippen molar-refractivity contribution in [2.75, 3.05) is 36.5 Å². The molecule has 0 radical (unpaired) electrons. The maximum atomic E-state index is 12.7. The van der Waals surface area contributed by atoms with Gasteiger partial charge in [-0.1, -0.05) is 0 Å². The van der Waals surface area contributed by atoms with Crippen LogP contribution in [0.25, 0.3) is 11.3 Å². The zero-order valence-electron chi connectivity index (χ0n) is 15.6. The number of carbonyl (C=O) groups excluding carboxylic acids is 1. The Morgan fingerprint density at radius 3 is 2.66 bits per heavy atom. The largest absolute Gasteiger partial charge is 0.378 e. The van der Waals surface area contributed by atoms with Gasteiger partial charge < -0.3 is 19.5 Å². The highest BCUT2D eigenvalue weighted by atomic mass is 16.5. The molecule has 29 heavy (non-hydrogen) atoms. The number of aromatic nitrogens is 5. The fourth-order valence-electron chi connectivity index (χ4n) is 3.36. The Bertz CT molecular complexity index is 1130. The maximum absolute atomic E-state index is 12.7. The van der Waals surface area contributed by atoms with Crippen LogP contribution in [0.4, 0.5) is 11.6 Å². The number of anilines is 2. The lowest BCUT2D eigenvalue weighted by molar-refractivity contribution is 0.102. The molecule has 1 saturated heterocycles. The van der Waals surface area contributed by atoms with Gasteiger partial charge >= 0.3 is 0 Å². The van der Waals surface area contributed by atoms with Gasteiger partial charge in [-0.2, -0.15) is 9.61 Å². The van der Waals surface area contributed by atoms with Crippen molar-refractivity contribution < 1.29 is 9.53 Å². The normalized spacial score (nSPS) is 14.3. The third-order valence-corrected chi connectivity index (χ3v) is 4.85. The average molecular weight is 389 g/mol. The molecule has 1 aromatic carbocycles. The van der Waals surface area contributed by atoms with Crippen LogP contribution in [0.15, 0.2) is 61.3 Å². The lowest BCUT2D eigenvalue weighted by Crippen LogP contribution is -2.37. The first kappa shape index (κ1) is 17.4. The fourth-order valence-corrected chi connectivity index (χ4v) is 3.36. The molecule has 9 heteroatoms. The van der Waals surface area contributed by atoms with Crippen LogP contribution >= 0.6 is 0 Å². The molecule has 0 spiro atoms. The molecule has 4 aromatic rings. The van der Waals surface area contributed by atoms with Gasteiger partial charge in [-0.3, -0.25) is 4.79 Å². The minimum Gasteiger partial charge on any atom is -0.378 e. The molecule has 146 valence electrons. The number of nitrogens with zero attached hydrogens (tertiary/aromatic N) is 6. The number of fused-ring (bicyclic) bond motifs is 1. The molecule has 4 heterocycles. The van der Waals surface area contributed by atoms with Gasteiger partial charge in [0.25, 0.3) is 5.91 Å². The molecule has 3 aromatic heterocycles. The molecule has 0 unspecified atom stereocenters. The van der Waals surface area contributed by atoms with Crippen molar-refractivity contribution >= 4 is 23.2 Å². The van der Waals surface area contributed by atoms with Gasteiger partial charge in [-0.15, -0.1) is 0 Å². The van der Waals surface area contributed by atoms with Crippen LogP contribution in [-0.2, 0) is 4.74 Å². The minimum atomic E-state index is -0.216. The third-order valence-electron chi connectivity index (χ3n) is 4.85. The Kier molecular flexibility index (Phi) is 4.41. The van der Waals surface area contributed by atoms with E-state index in [0.717, 1.165) is 24.6 Å². The highest BCUT2D eigenvalue weighted by molar-refractivity contribution is 6.04. The predicted molar refractivity (Wildman–Crippen MR) is 108 cm³/mol. The molecular formula is C20H19N7O2. The van der Waals surface area contributed by atoms with Crippen LogP contribution in [-0.4, -0.2) is 56.4 Å². The number of rotatable bonds is 4. The molecule has 1 aliphatic rings. The number of amides is 1. The van der Waals surface area contributed by atoms with Gasteiger partial charge in [0.15, 0.2) is 5.65 Å². The van der Waals surface area contributed by atoms with Crippen molar-refractivity contribution in [3.63, 3.8) is 0 Å². The van der Waals surface area contributed by atoms with Gasteiger partial charge in [0.2, 0.25) is 0 Å². The summed E-state index contributed by atoms with van der Waals surface area (Å²) in [5.74, 6) is 1.16. The zero-order valence-corrected chi connectivity index (χ0v) is 15.6. The van der Waals surface area contributed by atoms with E-state index in [1.165, 1.54) is 0 Å². The second-order valence-corrected chi connectivity index (χ2v) is 6.67. The predicted octanol–water partition coefficient (Wildman–Crippen LogP) is 2.00. The number of nitrogens with one attached hydrogen (secondary N) is 1. The summed E-state index contributed by atoms with van der Waals surface area (Å²) >= 11 is 0. The van der Waals surface area contributed by atoms with Gasteiger partial charge in [-0.05, 0) is 24.3 Å². The van der Waals surface area contributed by atoms with E-state index in [-0.39, 0.29) is 5.91 Å². The second-order valence-electron chi connectivity index (χ2n) is 6.67. The van der Waals surface area contributed by atoms with Crippen LogP contribution in [0.5, 0.6) is 0 Å². The smallest absolute Gasteiger partial charge is 0.256 e. The summed E-state index contributed by atoms with van der Waals surface area (Å²) in [6.07, 6.45) is 6.98. The highest BCUT2D eigenvalue weighted by Gasteiger charge is 2.17. The quantitative estimate of drug-likeness (QED) is 0.574. The zero-order chi connectivity index (χ0) is 19.6. The number of morpholine rings is 1.